The van der Waals surface area contributed by atoms with Crippen molar-refractivity contribution >= 4 is 46.8 Å². The number of amides is 1. The average molecular weight is 506 g/mol. The lowest BCUT2D eigenvalue weighted by Crippen LogP contribution is -2.38. The number of nitrogens with one attached hydrogen (secondary N) is 3. The number of carbonyl (C=O) groups excluding carboxylic acids is 1. The highest BCUT2D eigenvalue weighted by Crippen LogP contribution is 2.19. The summed E-state index contributed by atoms with van der Waals surface area (Å²) < 4.78 is 5.82. The van der Waals surface area contributed by atoms with Gasteiger partial charge in [-0.3, -0.25) is 4.79 Å². The van der Waals surface area contributed by atoms with Crippen molar-refractivity contribution in [3.63, 3.8) is 0 Å². The minimum absolute atomic E-state index is 0. The van der Waals surface area contributed by atoms with Crippen molar-refractivity contribution in [1.82, 2.24) is 16.0 Å². The summed E-state index contributed by atoms with van der Waals surface area (Å²) in [6.07, 6.45) is 0.792. The molecule has 0 unspecified atom stereocenters. The quantitative estimate of drug-likeness (QED) is 0.260. The van der Waals surface area contributed by atoms with E-state index in [1.165, 1.54) is 0 Å². The Morgan fingerprint density at radius 3 is 2.66 bits per heavy atom. The zero-order valence-corrected chi connectivity index (χ0v) is 19.0. The van der Waals surface area contributed by atoms with Crippen LogP contribution in [0.5, 0.6) is 0 Å². The molecule has 6 nitrogen and oxygen atoms in total. The third-order valence-electron chi connectivity index (χ3n) is 4.34. The topological polar surface area (TPSA) is 78.7 Å². The summed E-state index contributed by atoms with van der Waals surface area (Å²) in [6, 6.07) is 17.6. The molecule has 3 rings (SSSR count). The Balaban J connectivity index is 0.00000300. The SMILES string of the molecule is CCNC(=NCc1cc2ccccc2o1)NCCc1cccc(C(=O)NC)c1.I. The third kappa shape index (κ3) is 6.49. The number of hydrogen-bond acceptors (Lipinski definition) is 3. The van der Waals surface area contributed by atoms with E-state index in [-0.39, 0.29) is 29.9 Å². The maximum atomic E-state index is 11.8. The summed E-state index contributed by atoms with van der Waals surface area (Å²) in [4.78, 5) is 16.4. The first-order chi connectivity index (χ1) is 13.7. The molecule has 0 saturated heterocycles. The van der Waals surface area contributed by atoms with Crippen LogP contribution in [0.25, 0.3) is 11.0 Å². The molecule has 0 bridgehead atoms. The van der Waals surface area contributed by atoms with Crippen LogP contribution in [0.1, 0.15) is 28.6 Å². The van der Waals surface area contributed by atoms with E-state index in [2.05, 4.69) is 20.9 Å². The summed E-state index contributed by atoms with van der Waals surface area (Å²) >= 11 is 0. The standard InChI is InChI=1S/C22H26N4O2.HI/c1-3-24-22(26-15-19-14-17-8-4-5-10-20(17)28-19)25-12-11-16-7-6-9-18(13-16)21(27)23-2;/h4-10,13-14H,3,11-12,15H2,1-2H3,(H,23,27)(H2,24,25,26);1H. The van der Waals surface area contributed by atoms with Crippen LogP contribution in [-0.2, 0) is 13.0 Å². The highest BCUT2D eigenvalue weighted by molar-refractivity contribution is 14.0. The van der Waals surface area contributed by atoms with Gasteiger partial charge < -0.3 is 20.4 Å². The van der Waals surface area contributed by atoms with Crippen LogP contribution >= 0.6 is 24.0 Å². The molecule has 0 saturated carbocycles. The predicted molar refractivity (Wildman–Crippen MR) is 128 cm³/mol. The van der Waals surface area contributed by atoms with Gasteiger partial charge in [-0.1, -0.05) is 30.3 Å². The van der Waals surface area contributed by atoms with E-state index in [0.29, 0.717) is 18.7 Å². The van der Waals surface area contributed by atoms with Gasteiger partial charge in [-0.05, 0) is 43.2 Å². The van der Waals surface area contributed by atoms with E-state index in [1.54, 1.807) is 7.05 Å². The van der Waals surface area contributed by atoms with Crippen molar-refractivity contribution in [3.05, 3.63) is 71.5 Å². The summed E-state index contributed by atoms with van der Waals surface area (Å²) in [5.41, 5.74) is 2.65. The Hall–Kier alpha value is -2.55. The van der Waals surface area contributed by atoms with Gasteiger partial charge in [0.1, 0.15) is 17.9 Å². The van der Waals surface area contributed by atoms with Gasteiger partial charge >= 0.3 is 0 Å². The number of benzene rings is 2. The highest BCUT2D eigenvalue weighted by Gasteiger charge is 2.05. The lowest BCUT2D eigenvalue weighted by Gasteiger charge is -2.11. The Morgan fingerprint density at radius 1 is 1.07 bits per heavy atom. The predicted octanol–water partition coefficient (Wildman–Crippen LogP) is 3.71. The Bertz CT molecular complexity index is 935. The van der Waals surface area contributed by atoms with Crippen molar-refractivity contribution in [2.24, 2.45) is 4.99 Å². The Morgan fingerprint density at radius 2 is 1.90 bits per heavy atom. The molecule has 3 aromatic rings. The number of para-hydroxylation sites is 1. The minimum atomic E-state index is -0.0736. The number of hydrogen-bond donors (Lipinski definition) is 3. The van der Waals surface area contributed by atoms with E-state index >= 15 is 0 Å². The van der Waals surface area contributed by atoms with Crippen LogP contribution < -0.4 is 16.0 Å². The van der Waals surface area contributed by atoms with Crippen LogP contribution in [0, 0.1) is 0 Å². The molecule has 0 atom stereocenters. The van der Waals surface area contributed by atoms with Crippen LogP contribution in [0.2, 0.25) is 0 Å². The van der Waals surface area contributed by atoms with E-state index in [4.69, 9.17) is 4.42 Å². The van der Waals surface area contributed by atoms with Gasteiger partial charge in [0.05, 0.1) is 0 Å². The van der Waals surface area contributed by atoms with Gasteiger partial charge in [-0.25, -0.2) is 4.99 Å². The van der Waals surface area contributed by atoms with Crippen molar-refractivity contribution in [2.75, 3.05) is 20.1 Å². The molecule has 1 amide bonds. The lowest BCUT2D eigenvalue weighted by molar-refractivity contribution is 0.0963. The summed E-state index contributed by atoms with van der Waals surface area (Å²) in [5, 5.41) is 10.3. The summed E-state index contributed by atoms with van der Waals surface area (Å²) in [6.45, 7) is 3.99. The highest BCUT2D eigenvalue weighted by atomic mass is 127. The van der Waals surface area contributed by atoms with Gasteiger partial charge in [0.25, 0.3) is 5.91 Å². The second kappa shape index (κ2) is 11.5. The van der Waals surface area contributed by atoms with Crippen LogP contribution in [-0.4, -0.2) is 32.0 Å². The lowest BCUT2D eigenvalue weighted by atomic mass is 10.1. The molecule has 1 aromatic heterocycles. The molecule has 0 fully saturated rings. The maximum absolute atomic E-state index is 11.8. The fraction of sp³-hybridized carbons (Fsp3) is 0.273. The fourth-order valence-corrected chi connectivity index (χ4v) is 2.95. The van der Waals surface area contributed by atoms with Crippen molar-refractivity contribution in [3.8, 4) is 0 Å². The van der Waals surface area contributed by atoms with Gasteiger partial charge in [-0.2, -0.15) is 0 Å². The largest absolute Gasteiger partial charge is 0.459 e. The molecular weight excluding hydrogens is 479 g/mol. The monoisotopic (exact) mass is 506 g/mol. The van der Waals surface area contributed by atoms with E-state index in [9.17, 15) is 4.79 Å². The van der Waals surface area contributed by atoms with Gasteiger partial charge in [0, 0.05) is 31.1 Å². The molecule has 0 aliphatic rings. The molecular formula is C22H27IN4O2. The molecule has 2 aromatic carbocycles. The molecule has 0 aliphatic heterocycles. The third-order valence-corrected chi connectivity index (χ3v) is 4.34. The molecule has 3 N–H and O–H groups in total. The van der Waals surface area contributed by atoms with Crippen LogP contribution in [0.3, 0.4) is 0 Å². The van der Waals surface area contributed by atoms with E-state index in [0.717, 1.165) is 41.2 Å². The van der Waals surface area contributed by atoms with Gasteiger partial charge in [-0.15, -0.1) is 24.0 Å². The zero-order valence-electron chi connectivity index (χ0n) is 16.7. The molecule has 0 radical (unpaired) electrons. The smallest absolute Gasteiger partial charge is 0.251 e. The van der Waals surface area contributed by atoms with Crippen molar-refractivity contribution < 1.29 is 9.21 Å². The number of nitrogens with zero attached hydrogens (tertiary/aromatic N) is 1. The van der Waals surface area contributed by atoms with E-state index in [1.807, 2.05) is 61.5 Å². The minimum Gasteiger partial charge on any atom is -0.459 e. The van der Waals surface area contributed by atoms with Gasteiger partial charge in [0.15, 0.2) is 5.96 Å². The van der Waals surface area contributed by atoms with Crippen LogP contribution in [0.4, 0.5) is 0 Å². The number of furan rings is 1. The zero-order chi connectivity index (χ0) is 19.8. The second-order valence-corrected chi connectivity index (χ2v) is 6.40. The number of carbonyl (C=O) groups is 1. The first kappa shape index (κ1) is 22.7. The average Bonchev–Trinajstić information content (AvgIpc) is 3.14. The van der Waals surface area contributed by atoms with Gasteiger partial charge in [0.2, 0.25) is 0 Å². The normalized spacial score (nSPS) is 11.0. The summed E-state index contributed by atoms with van der Waals surface area (Å²) in [7, 11) is 1.64. The maximum Gasteiger partial charge on any atom is 0.251 e. The molecule has 0 spiro atoms. The van der Waals surface area contributed by atoms with Crippen molar-refractivity contribution in [2.45, 2.75) is 19.9 Å². The molecule has 7 heteroatoms. The van der Waals surface area contributed by atoms with Crippen molar-refractivity contribution in [1.29, 1.82) is 0 Å². The molecule has 29 heavy (non-hydrogen) atoms. The number of rotatable bonds is 7. The number of fused-ring (bicyclic) bond motifs is 1. The number of guanidine groups is 1. The number of halogens is 1. The molecule has 154 valence electrons. The van der Waals surface area contributed by atoms with Crippen LogP contribution in [0.15, 0.2) is 64.0 Å². The fourth-order valence-electron chi connectivity index (χ4n) is 2.95. The summed E-state index contributed by atoms with van der Waals surface area (Å²) in [5.74, 6) is 1.50. The first-order valence-electron chi connectivity index (χ1n) is 9.50. The first-order valence-corrected chi connectivity index (χ1v) is 9.50. The Labute approximate surface area is 188 Å². The van der Waals surface area contributed by atoms with E-state index < -0.39 is 0 Å². The Kier molecular flexibility index (Phi) is 8.98. The molecule has 1 heterocycles. The second-order valence-electron chi connectivity index (χ2n) is 6.40. The molecule has 0 aliphatic carbocycles. The number of aliphatic imine (C=N–C) groups is 1.